The largest absolute Gasteiger partial charge is 0.392 e. The van der Waals surface area contributed by atoms with Crippen LogP contribution in [-0.2, 0) is 0 Å². The van der Waals surface area contributed by atoms with E-state index in [1.54, 1.807) is 0 Å². The summed E-state index contributed by atoms with van der Waals surface area (Å²) in [4.78, 5) is 2.90. The minimum Gasteiger partial charge on any atom is -0.392 e. The molecule has 4 heteroatoms. The van der Waals surface area contributed by atoms with Gasteiger partial charge in [-0.05, 0) is 19.6 Å². The average Bonchev–Trinajstić information content (AvgIpc) is 2.02. The normalized spacial score (nSPS) is 11.2. The van der Waals surface area contributed by atoms with Crippen LogP contribution >= 0.6 is 24.0 Å². The van der Waals surface area contributed by atoms with Crippen molar-refractivity contribution in [1.82, 2.24) is 4.90 Å². The fourth-order valence-corrected chi connectivity index (χ4v) is 1.86. The molecule has 2 nitrogen and oxygen atoms in total. The van der Waals surface area contributed by atoms with E-state index in [2.05, 4.69) is 25.7 Å². The van der Waals surface area contributed by atoms with Crippen LogP contribution in [-0.4, -0.2) is 40.5 Å². The van der Waals surface area contributed by atoms with Gasteiger partial charge >= 0.3 is 0 Å². The molecule has 0 aliphatic rings. The third kappa shape index (κ3) is 7.28. The molecule has 0 aliphatic carbocycles. The Labute approximate surface area is 91.2 Å². The van der Waals surface area contributed by atoms with Crippen molar-refractivity contribution in [3.05, 3.63) is 0 Å². The Kier molecular flexibility index (Phi) is 7.71. The lowest BCUT2D eigenvalue weighted by Gasteiger charge is -2.25. The Hall–Kier alpha value is 0.200. The van der Waals surface area contributed by atoms with E-state index < -0.39 is 0 Å². The zero-order valence-corrected chi connectivity index (χ0v) is 10.4. The molecule has 0 saturated carbocycles. The van der Waals surface area contributed by atoms with Crippen LogP contribution in [0.1, 0.15) is 20.8 Å². The molecule has 0 heterocycles. The van der Waals surface area contributed by atoms with Crippen molar-refractivity contribution in [3.63, 3.8) is 0 Å². The summed E-state index contributed by atoms with van der Waals surface area (Å²) in [5.41, 5.74) is 5.52. The number of thioether (sulfide) groups is 1. The van der Waals surface area contributed by atoms with E-state index in [1.165, 1.54) is 5.75 Å². The quantitative estimate of drug-likeness (QED) is 0.523. The van der Waals surface area contributed by atoms with Crippen molar-refractivity contribution in [2.24, 2.45) is 5.73 Å². The van der Waals surface area contributed by atoms with Gasteiger partial charge in [0.1, 0.15) is 0 Å². The summed E-state index contributed by atoms with van der Waals surface area (Å²) in [6.45, 7) is 8.35. The van der Waals surface area contributed by atoms with Gasteiger partial charge in [-0.3, -0.25) is 4.90 Å². The van der Waals surface area contributed by atoms with Gasteiger partial charge in [0.2, 0.25) is 0 Å². The van der Waals surface area contributed by atoms with Gasteiger partial charge in [-0.2, -0.15) is 11.8 Å². The zero-order chi connectivity index (χ0) is 10.3. The molecule has 0 unspecified atom stereocenters. The van der Waals surface area contributed by atoms with Crippen molar-refractivity contribution in [2.75, 3.05) is 24.6 Å². The van der Waals surface area contributed by atoms with Gasteiger partial charge in [0.05, 0.1) is 4.99 Å². The van der Waals surface area contributed by atoms with Gasteiger partial charge in [0, 0.05) is 24.9 Å². The fourth-order valence-electron chi connectivity index (χ4n) is 1.05. The second-order valence-electron chi connectivity index (χ2n) is 3.23. The Morgan fingerprint density at radius 1 is 1.54 bits per heavy atom. The maximum atomic E-state index is 5.52. The summed E-state index contributed by atoms with van der Waals surface area (Å²) in [5, 5.41) is 0. The minimum atomic E-state index is 0.527. The predicted molar refractivity (Wildman–Crippen MR) is 66.5 cm³/mol. The van der Waals surface area contributed by atoms with Crippen LogP contribution in [0.2, 0.25) is 0 Å². The van der Waals surface area contributed by atoms with Gasteiger partial charge in [-0.25, -0.2) is 0 Å². The lowest BCUT2D eigenvalue weighted by molar-refractivity contribution is 0.270. The summed E-state index contributed by atoms with van der Waals surface area (Å²) in [6.07, 6.45) is 0. The Morgan fingerprint density at radius 3 is 2.54 bits per heavy atom. The summed E-state index contributed by atoms with van der Waals surface area (Å²) in [7, 11) is 0. The molecule has 13 heavy (non-hydrogen) atoms. The lowest BCUT2D eigenvalue weighted by Crippen LogP contribution is -2.39. The van der Waals surface area contributed by atoms with Crippen molar-refractivity contribution in [3.8, 4) is 0 Å². The van der Waals surface area contributed by atoms with E-state index in [9.17, 15) is 0 Å². The summed E-state index contributed by atoms with van der Waals surface area (Å²) < 4.78 is 0. The van der Waals surface area contributed by atoms with Gasteiger partial charge in [-0.1, -0.05) is 19.1 Å². The number of nitrogens with two attached hydrogens (primary N) is 1. The van der Waals surface area contributed by atoms with E-state index in [1.807, 2.05) is 11.8 Å². The average molecular weight is 220 g/mol. The Bertz CT molecular complexity index is 149. The fraction of sp³-hybridized carbons (Fsp3) is 0.889. The van der Waals surface area contributed by atoms with Crippen molar-refractivity contribution >= 4 is 29.0 Å². The first kappa shape index (κ1) is 13.2. The van der Waals surface area contributed by atoms with Gasteiger partial charge in [-0.15, -0.1) is 0 Å². The second-order valence-corrected chi connectivity index (χ2v) is 5.15. The van der Waals surface area contributed by atoms with Crippen LogP contribution in [0, 0.1) is 0 Å². The molecule has 0 spiro atoms. The molecule has 0 aromatic heterocycles. The molecule has 0 atom stereocenters. The van der Waals surface area contributed by atoms with E-state index in [4.69, 9.17) is 18.0 Å². The van der Waals surface area contributed by atoms with Gasteiger partial charge in [0.15, 0.2) is 0 Å². The highest BCUT2D eigenvalue weighted by molar-refractivity contribution is 7.99. The molecule has 0 amide bonds. The van der Waals surface area contributed by atoms with Crippen LogP contribution in [0.3, 0.4) is 0 Å². The summed E-state index contributed by atoms with van der Waals surface area (Å²) >= 11 is 6.85. The minimum absolute atomic E-state index is 0.527. The number of hydrogen-bond acceptors (Lipinski definition) is 3. The number of hydrogen-bond donors (Lipinski definition) is 1. The molecule has 0 aliphatic heterocycles. The number of nitrogens with zero attached hydrogens (tertiary/aromatic N) is 1. The Balaban J connectivity index is 3.74. The van der Waals surface area contributed by atoms with Crippen molar-refractivity contribution in [2.45, 2.75) is 26.8 Å². The highest BCUT2D eigenvalue weighted by Gasteiger charge is 2.09. The third-order valence-electron chi connectivity index (χ3n) is 1.82. The van der Waals surface area contributed by atoms with E-state index in [0.29, 0.717) is 11.0 Å². The van der Waals surface area contributed by atoms with Crippen molar-refractivity contribution < 1.29 is 0 Å². The van der Waals surface area contributed by atoms with Crippen LogP contribution < -0.4 is 5.73 Å². The topological polar surface area (TPSA) is 29.3 Å². The lowest BCUT2D eigenvalue weighted by atomic mass is 10.3. The highest BCUT2D eigenvalue weighted by atomic mass is 32.2. The SMILES string of the molecule is CCSCCN(CC(N)=S)C(C)C. The third-order valence-corrected chi connectivity index (χ3v) is 2.82. The molecule has 0 bridgehead atoms. The molecule has 0 radical (unpaired) electrons. The number of rotatable bonds is 7. The molecule has 0 saturated heterocycles. The summed E-state index contributed by atoms with van der Waals surface area (Å²) in [5.74, 6) is 2.34. The monoisotopic (exact) mass is 220 g/mol. The van der Waals surface area contributed by atoms with Crippen molar-refractivity contribution in [1.29, 1.82) is 0 Å². The highest BCUT2D eigenvalue weighted by Crippen LogP contribution is 2.03. The molecule has 0 fully saturated rings. The van der Waals surface area contributed by atoms with Crippen LogP contribution in [0.25, 0.3) is 0 Å². The Morgan fingerprint density at radius 2 is 2.15 bits per heavy atom. The van der Waals surface area contributed by atoms with E-state index in [-0.39, 0.29) is 0 Å². The molecule has 0 aromatic carbocycles. The maximum Gasteiger partial charge on any atom is 0.0870 e. The molecular formula is C9H20N2S2. The molecule has 2 N–H and O–H groups in total. The molecular weight excluding hydrogens is 200 g/mol. The molecule has 0 rings (SSSR count). The van der Waals surface area contributed by atoms with Gasteiger partial charge in [0.25, 0.3) is 0 Å². The number of thiocarbonyl (C=S) groups is 1. The summed E-state index contributed by atoms with van der Waals surface area (Å²) in [6, 6.07) is 0.527. The maximum absolute atomic E-state index is 5.52. The second kappa shape index (κ2) is 7.59. The van der Waals surface area contributed by atoms with Crippen LogP contribution in [0.4, 0.5) is 0 Å². The molecule has 78 valence electrons. The predicted octanol–water partition coefficient (Wildman–Crippen LogP) is 1.74. The van der Waals surface area contributed by atoms with Crippen LogP contribution in [0.5, 0.6) is 0 Å². The smallest absolute Gasteiger partial charge is 0.0870 e. The van der Waals surface area contributed by atoms with Crippen LogP contribution in [0.15, 0.2) is 0 Å². The van der Waals surface area contributed by atoms with E-state index in [0.717, 1.165) is 18.8 Å². The first-order chi connectivity index (χ1) is 6.07. The zero-order valence-electron chi connectivity index (χ0n) is 8.75. The standard InChI is InChI=1S/C9H20N2S2/c1-4-13-6-5-11(8(2)3)7-9(10)12/h8H,4-7H2,1-3H3,(H2,10,12). The first-order valence-corrected chi connectivity index (χ1v) is 6.24. The van der Waals surface area contributed by atoms with Gasteiger partial charge < -0.3 is 5.73 Å². The molecule has 0 aromatic rings. The van der Waals surface area contributed by atoms with E-state index >= 15 is 0 Å². The first-order valence-electron chi connectivity index (χ1n) is 4.68.